The number of aromatic amines is 1. The van der Waals surface area contributed by atoms with Crippen molar-refractivity contribution in [2.24, 2.45) is 0 Å². The van der Waals surface area contributed by atoms with Gasteiger partial charge in [0.25, 0.3) is 0 Å². The highest BCUT2D eigenvalue weighted by Crippen LogP contribution is 2.35. The number of carbonyl (C=O) groups excluding carboxylic acids is 1. The highest BCUT2D eigenvalue weighted by molar-refractivity contribution is 8.00. The normalized spacial score (nSPS) is 12.0. The Morgan fingerprint density at radius 1 is 1.05 bits per heavy atom. The van der Waals surface area contributed by atoms with Crippen molar-refractivity contribution in [2.45, 2.75) is 17.3 Å². The van der Waals surface area contributed by atoms with Gasteiger partial charge in [-0.25, -0.2) is 4.98 Å². The van der Waals surface area contributed by atoms with Gasteiger partial charge in [0.15, 0.2) is 5.78 Å². The van der Waals surface area contributed by atoms with Crippen molar-refractivity contribution in [3.05, 3.63) is 77.6 Å². The van der Waals surface area contributed by atoms with Crippen LogP contribution in [0.3, 0.4) is 0 Å². The summed E-state index contributed by atoms with van der Waals surface area (Å²) in [7, 11) is 0. The molecule has 0 aliphatic carbocycles. The number of rotatable bonds is 5. The van der Waals surface area contributed by atoms with Crippen molar-refractivity contribution in [3.63, 3.8) is 0 Å². The van der Waals surface area contributed by atoms with Gasteiger partial charge in [0.05, 0.1) is 0 Å². The van der Waals surface area contributed by atoms with E-state index in [9.17, 15) is 4.79 Å². The number of H-pyrrole nitrogens is 1. The van der Waals surface area contributed by atoms with Crippen molar-refractivity contribution in [2.75, 3.05) is 0 Å². The summed E-state index contributed by atoms with van der Waals surface area (Å²) in [5.74, 6) is 0.792. The lowest BCUT2D eigenvalue weighted by Crippen LogP contribution is -2.10. The number of nitrogens with zero attached hydrogens (tertiary/aromatic N) is 2. The molecule has 0 amide bonds. The predicted molar refractivity (Wildman–Crippen MR) is 86.9 cm³/mol. The second-order valence-corrected chi connectivity index (χ2v) is 5.91. The molecule has 0 bridgehead atoms. The van der Waals surface area contributed by atoms with E-state index in [0.29, 0.717) is 10.7 Å². The van der Waals surface area contributed by atoms with Crippen LogP contribution in [-0.2, 0) is 0 Å². The van der Waals surface area contributed by atoms with E-state index in [1.165, 1.54) is 11.8 Å². The molecule has 1 aromatic heterocycles. The van der Waals surface area contributed by atoms with E-state index in [2.05, 4.69) is 15.2 Å². The number of carbonyl (C=O) groups is 1. The third-order valence-corrected chi connectivity index (χ3v) is 4.31. The van der Waals surface area contributed by atoms with Crippen molar-refractivity contribution < 1.29 is 4.79 Å². The first-order chi connectivity index (χ1) is 10.7. The topological polar surface area (TPSA) is 58.6 Å². The number of Topliss-reactive ketones (excluding diaryl/α,β-unsaturated/α-hetero) is 1. The second-order valence-electron chi connectivity index (χ2n) is 4.84. The minimum absolute atomic E-state index is 0.0549. The van der Waals surface area contributed by atoms with E-state index in [1.807, 2.05) is 67.6 Å². The lowest BCUT2D eigenvalue weighted by molar-refractivity contribution is 0.0989. The lowest BCUT2D eigenvalue weighted by atomic mass is 10.0. The van der Waals surface area contributed by atoms with Crippen LogP contribution in [0.25, 0.3) is 0 Å². The standard InChI is InChI=1S/C17H15N3OS/c1-12-18-17(20-19-12)22-16(14-10-6-3-7-11-14)15(21)13-8-4-2-5-9-13/h2-11,16H,1H3,(H,18,19,20)/t16-/m1/s1. The van der Waals surface area contributed by atoms with Gasteiger partial charge >= 0.3 is 0 Å². The van der Waals surface area contributed by atoms with Crippen LogP contribution in [0.2, 0.25) is 0 Å². The molecule has 3 rings (SSSR count). The van der Waals surface area contributed by atoms with Gasteiger partial charge in [0.1, 0.15) is 11.1 Å². The molecule has 0 unspecified atom stereocenters. The first kappa shape index (κ1) is 14.5. The molecule has 0 saturated heterocycles. The third-order valence-electron chi connectivity index (χ3n) is 3.20. The Labute approximate surface area is 133 Å². The maximum atomic E-state index is 12.9. The number of benzene rings is 2. The van der Waals surface area contributed by atoms with Gasteiger partial charge < -0.3 is 0 Å². The van der Waals surface area contributed by atoms with Crippen LogP contribution in [0.4, 0.5) is 0 Å². The summed E-state index contributed by atoms with van der Waals surface area (Å²) in [6, 6.07) is 19.0. The maximum absolute atomic E-state index is 12.9. The lowest BCUT2D eigenvalue weighted by Gasteiger charge is -2.14. The summed E-state index contributed by atoms with van der Waals surface area (Å²) >= 11 is 1.36. The molecule has 0 aliphatic rings. The number of aromatic nitrogens is 3. The summed E-state index contributed by atoms with van der Waals surface area (Å²) in [6.07, 6.45) is 0. The minimum Gasteiger partial charge on any atom is -0.293 e. The number of hydrogen-bond donors (Lipinski definition) is 1. The van der Waals surface area contributed by atoms with Crippen LogP contribution in [0.5, 0.6) is 0 Å². The quantitative estimate of drug-likeness (QED) is 0.575. The van der Waals surface area contributed by atoms with Crippen LogP contribution in [0.1, 0.15) is 27.0 Å². The first-order valence-electron chi connectivity index (χ1n) is 6.94. The van der Waals surface area contributed by atoms with E-state index in [4.69, 9.17) is 0 Å². The Bertz CT molecular complexity index is 756. The summed E-state index contributed by atoms with van der Waals surface area (Å²) < 4.78 is 0. The Balaban J connectivity index is 1.94. The fourth-order valence-electron chi connectivity index (χ4n) is 2.13. The molecule has 0 radical (unpaired) electrons. The summed E-state index contributed by atoms with van der Waals surface area (Å²) in [5, 5.41) is 7.16. The zero-order chi connectivity index (χ0) is 15.4. The van der Waals surface area contributed by atoms with Crippen molar-refractivity contribution in [1.29, 1.82) is 0 Å². The van der Waals surface area contributed by atoms with Crippen molar-refractivity contribution in [3.8, 4) is 0 Å². The molecule has 4 nitrogen and oxygen atoms in total. The predicted octanol–water partition coefficient (Wildman–Crippen LogP) is 3.83. The van der Waals surface area contributed by atoms with E-state index in [-0.39, 0.29) is 11.0 Å². The average Bonchev–Trinajstić information content (AvgIpc) is 2.99. The molecule has 0 spiro atoms. The molecule has 110 valence electrons. The van der Waals surface area contributed by atoms with Gasteiger partial charge in [-0.3, -0.25) is 9.89 Å². The van der Waals surface area contributed by atoms with Crippen LogP contribution in [0, 0.1) is 6.92 Å². The van der Waals surface area contributed by atoms with E-state index >= 15 is 0 Å². The van der Waals surface area contributed by atoms with Gasteiger partial charge in [-0.2, -0.15) is 0 Å². The molecule has 22 heavy (non-hydrogen) atoms. The number of ketones is 1. The zero-order valence-electron chi connectivity index (χ0n) is 12.1. The van der Waals surface area contributed by atoms with Crippen LogP contribution >= 0.6 is 11.8 Å². The zero-order valence-corrected chi connectivity index (χ0v) is 12.9. The fraction of sp³-hybridized carbons (Fsp3) is 0.118. The highest BCUT2D eigenvalue weighted by atomic mass is 32.2. The molecule has 1 heterocycles. The van der Waals surface area contributed by atoms with Crippen molar-refractivity contribution >= 4 is 17.5 Å². The molecule has 3 aromatic rings. The van der Waals surface area contributed by atoms with Crippen LogP contribution < -0.4 is 0 Å². The van der Waals surface area contributed by atoms with Gasteiger partial charge in [-0.05, 0) is 12.5 Å². The van der Waals surface area contributed by atoms with Gasteiger partial charge in [0.2, 0.25) is 5.16 Å². The summed E-state index contributed by atoms with van der Waals surface area (Å²) in [4.78, 5) is 17.2. The Morgan fingerprint density at radius 3 is 2.27 bits per heavy atom. The number of aryl methyl sites for hydroxylation is 1. The van der Waals surface area contributed by atoms with Crippen LogP contribution in [-0.4, -0.2) is 21.0 Å². The van der Waals surface area contributed by atoms with Crippen LogP contribution in [0.15, 0.2) is 65.8 Å². The van der Waals surface area contributed by atoms with Gasteiger partial charge in [-0.1, -0.05) is 72.4 Å². The summed E-state index contributed by atoms with van der Waals surface area (Å²) in [6.45, 7) is 1.84. The Morgan fingerprint density at radius 2 is 1.68 bits per heavy atom. The molecule has 0 saturated carbocycles. The largest absolute Gasteiger partial charge is 0.293 e. The Hall–Kier alpha value is -2.40. The molecule has 2 aromatic carbocycles. The first-order valence-corrected chi connectivity index (χ1v) is 7.82. The second kappa shape index (κ2) is 6.58. The maximum Gasteiger partial charge on any atom is 0.209 e. The minimum atomic E-state index is -0.362. The monoisotopic (exact) mass is 309 g/mol. The molecule has 5 heteroatoms. The van der Waals surface area contributed by atoms with Crippen molar-refractivity contribution in [1.82, 2.24) is 15.2 Å². The molecule has 0 aliphatic heterocycles. The fourth-order valence-corrected chi connectivity index (χ4v) is 3.17. The number of nitrogens with one attached hydrogen (secondary N) is 1. The molecule has 1 N–H and O–H groups in total. The number of thioether (sulfide) groups is 1. The highest BCUT2D eigenvalue weighted by Gasteiger charge is 2.24. The van der Waals surface area contributed by atoms with Gasteiger partial charge in [-0.15, -0.1) is 5.10 Å². The van der Waals surface area contributed by atoms with E-state index in [0.717, 1.165) is 11.4 Å². The Kier molecular flexibility index (Phi) is 4.34. The van der Waals surface area contributed by atoms with E-state index < -0.39 is 0 Å². The summed E-state index contributed by atoms with van der Waals surface area (Å²) in [5.41, 5.74) is 1.64. The number of hydrogen-bond acceptors (Lipinski definition) is 4. The third kappa shape index (κ3) is 3.26. The molecular formula is C17H15N3OS. The molecule has 1 atom stereocenters. The average molecular weight is 309 g/mol. The SMILES string of the molecule is Cc1nc(S[C@@H](C(=O)c2ccccc2)c2ccccc2)n[nH]1. The smallest absolute Gasteiger partial charge is 0.209 e. The molecular weight excluding hydrogens is 294 g/mol. The van der Waals surface area contributed by atoms with E-state index in [1.54, 1.807) is 0 Å². The van der Waals surface area contributed by atoms with Gasteiger partial charge in [0, 0.05) is 5.56 Å². The molecule has 0 fully saturated rings.